The average molecular weight is 481 g/mol. The van der Waals surface area contributed by atoms with Gasteiger partial charge in [0.15, 0.2) is 0 Å². The quantitative estimate of drug-likeness (QED) is 0.180. The predicted octanol–water partition coefficient (Wildman–Crippen LogP) is 11.3. The maximum atomic E-state index is 2.44. The first-order valence-electron chi connectivity index (χ1n) is 13.0. The zero-order valence-corrected chi connectivity index (χ0v) is 21.7. The Morgan fingerprint density at radius 1 is 0.529 bits per heavy atom. The van der Waals surface area contributed by atoms with Crippen LogP contribution in [0.2, 0.25) is 0 Å². The highest BCUT2D eigenvalue weighted by molar-refractivity contribution is 7.36. The Labute approximate surface area is 210 Å². The molecule has 6 rings (SSSR count). The molecule has 2 heterocycles. The van der Waals surface area contributed by atoms with Gasteiger partial charge >= 0.3 is 0 Å². The molecule has 0 bridgehead atoms. The Morgan fingerprint density at radius 3 is 1.76 bits per heavy atom. The fraction of sp³-hybridized carbons (Fsp3) is 0.312. The monoisotopic (exact) mass is 480 g/mol. The number of unbranched alkanes of at least 4 members (excludes halogenated alkanes) is 7. The van der Waals surface area contributed by atoms with Crippen LogP contribution >= 0.6 is 22.7 Å². The van der Waals surface area contributed by atoms with Gasteiger partial charge in [-0.1, -0.05) is 94.3 Å². The molecule has 0 fully saturated rings. The largest absolute Gasteiger partial charge is 0.134 e. The van der Waals surface area contributed by atoms with Crippen LogP contribution in [0, 0.1) is 0 Å². The molecular formula is C32H32S2. The van der Waals surface area contributed by atoms with Gasteiger partial charge in [-0.05, 0) is 64.2 Å². The Bertz CT molecular complexity index is 1600. The van der Waals surface area contributed by atoms with Crippen molar-refractivity contribution in [1.82, 2.24) is 0 Å². The molecule has 2 heteroatoms. The average Bonchev–Trinajstić information content (AvgIpc) is 3.38. The highest BCUT2D eigenvalue weighted by Crippen LogP contribution is 2.46. The smallest absolute Gasteiger partial charge is 0.0542 e. The number of hydrogen-bond acceptors (Lipinski definition) is 2. The predicted molar refractivity (Wildman–Crippen MR) is 156 cm³/mol. The number of aryl methyl sites for hydroxylation is 1. The summed E-state index contributed by atoms with van der Waals surface area (Å²) < 4.78 is 5.74. The highest BCUT2D eigenvalue weighted by Gasteiger charge is 2.14. The van der Waals surface area contributed by atoms with Crippen molar-refractivity contribution in [2.75, 3.05) is 0 Å². The van der Waals surface area contributed by atoms with Crippen LogP contribution in [0.5, 0.6) is 0 Å². The first-order chi connectivity index (χ1) is 16.8. The summed E-state index contributed by atoms with van der Waals surface area (Å²) in [4.78, 5) is 0. The minimum absolute atomic E-state index is 1.21. The molecule has 0 N–H and O–H groups in total. The molecule has 0 saturated carbocycles. The lowest BCUT2D eigenvalue weighted by atomic mass is 10.0. The molecule has 0 amide bonds. The van der Waals surface area contributed by atoms with E-state index < -0.39 is 0 Å². The van der Waals surface area contributed by atoms with E-state index in [0.717, 1.165) is 0 Å². The van der Waals surface area contributed by atoms with Gasteiger partial charge in [0.25, 0.3) is 0 Å². The topological polar surface area (TPSA) is 0 Å². The van der Waals surface area contributed by atoms with Gasteiger partial charge in [0.1, 0.15) is 0 Å². The Hall–Kier alpha value is -2.42. The SMILES string of the molecule is CCCCCCCCCCc1ccc2cc3c(cc2c1)sc1c2cc4ccccc4cc2sc31. The van der Waals surface area contributed by atoms with Crippen LogP contribution in [0.4, 0.5) is 0 Å². The summed E-state index contributed by atoms with van der Waals surface area (Å²) in [5, 5.41) is 8.28. The summed E-state index contributed by atoms with van der Waals surface area (Å²) in [5.74, 6) is 0. The second-order valence-electron chi connectivity index (χ2n) is 9.81. The third-order valence-corrected chi connectivity index (χ3v) is 9.79. The number of rotatable bonds is 9. The Morgan fingerprint density at radius 2 is 1.09 bits per heavy atom. The van der Waals surface area contributed by atoms with E-state index in [4.69, 9.17) is 0 Å². The molecule has 0 unspecified atom stereocenters. The molecule has 34 heavy (non-hydrogen) atoms. The number of thiophene rings is 2. The zero-order valence-electron chi connectivity index (χ0n) is 20.0. The van der Waals surface area contributed by atoms with Gasteiger partial charge in [0.2, 0.25) is 0 Å². The minimum Gasteiger partial charge on any atom is -0.134 e. The Balaban J connectivity index is 1.25. The Kier molecular flexibility index (Phi) is 6.28. The van der Waals surface area contributed by atoms with Gasteiger partial charge < -0.3 is 0 Å². The molecule has 2 aromatic heterocycles. The minimum atomic E-state index is 1.21. The lowest BCUT2D eigenvalue weighted by Gasteiger charge is -2.05. The summed E-state index contributed by atoms with van der Waals surface area (Å²) in [5.41, 5.74) is 1.49. The van der Waals surface area contributed by atoms with Gasteiger partial charge in [-0.2, -0.15) is 0 Å². The standard InChI is InChI=1S/C32H32S2/c1-2-3-4-5-6-7-8-9-12-22-15-16-25-19-28-30(21-26(25)17-22)34-31-27-18-23-13-10-11-14-24(23)20-29(27)33-32(28)31/h10-11,13-21H,2-9,12H2,1H3. The second-order valence-corrected chi connectivity index (χ2v) is 11.9. The lowest BCUT2D eigenvalue weighted by Crippen LogP contribution is -1.87. The first-order valence-corrected chi connectivity index (χ1v) is 14.6. The molecule has 0 radical (unpaired) electrons. The van der Waals surface area contributed by atoms with Crippen molar-refractivity contribution in [3.05, 3.63) is 72.3 Å². The molecule has 0 aliphatic heterocycles. The van der Waals surface area contributed by atoms with E-state index in [1.54, 1.807) is 0 Å². The summed E-state index contributed by atoms with van der Waals surface area (Å²) in [6.07, 6.45) is 12.3. The van der Waals surface area contributed by atoms with Crippen LogP contribution < -0.4 is 0 Å². The molecule has 0 saturated heterocycles. The molecule has 4 aromatic carbocycles. The molecule has 0 aliphatic rings. The summed E-state index contributed by atoms with van der Waals surface area (Å²) >= 11 is 3.93. The maximum absolute atomic E-state index is 2.44. The van der Waals surface area contributed by atoms with Gasteiger partial charge in [0.05, 0.1) is 9.40 Å². The van der Waals surface area contributed by atoms with Crippen molar-refractivity contribution >= 4 is 73.8 Å². The van der Waals surface area contributed by atoms with Crippen LogP contribution in [-0.2, 0) is 6.42 Å². The molecular weight excluding hydrogens is 448 g/mol. The van der Waals surface area contributed by atoms with E-state index in [0.29, 0.717) is 0 Å². The van der Waals surface area contributed by atoms with E-state index >= 15 is 0 Å². The van der Waals surface area contributed by atoms with Crippen molar-refractivity contribution in [3.63, 3.8) is 0 Å². The normalized spacial score (nSPS) is 12.1. The lowest BCUT2D eigenvalue weighted by molar-refractivity contribution is 0.575. The van der Waals surface area contributed by atoms with E-state index in [-0.39, 0.29) is 0 Å². The molecule has 0 aliphatic carbocycles. The number of hydrogen-bond donors (Lipinski definition) is 0. The number of fused-ring (bicyclic) bond motifs is 7. The van der Waals surface area contributed by atoms with Crippen LogP contribution in [0.3, 0.4) is 0 Å². The molecule has 0 nitrogen and oxygen atoms in total. The third-order valence-electron chi connectivity index (χ3n) is 7.29. The van der Waals surface area contributed by atoms with Crippen molar-refractivity contribution in [3.8, 4) is 0 Å². The second kappa shape index (κ2) is 9.68. The van der Waals surface area contributed by atoms with Crippen LogP contribution in [-0.4, -0.2) is 0 Å². The number of benzene rings is 4. The molecule has 6 aromatic rings. The van der Waals surface area contributed by atoms with E-state index in [9.17, 15) is 0 Å². The van der Waals surface area contributed by atoms with Crippen molar-refractivity contribution in [2.24, 2.45) is 0 Å². The molecule has 172 valence electrons. The van der Waals surface area contributed by atoms with Crippen molar-refractivity contribution < 1.29 is 0 Å². The fourth-order valence-electron chi connectivity index (χ4n) is 5.36. The fourth-order valence-corrected chi connectivity index (χ4v) is 8.05. The van der Waals surface area contributed by atoms with E-state index in [1.807, 2.05) is 22.7 Å². The van der Waals surface area contributed by atoms with Gasteiger partial charge in [0, 0.05) is 20.2 Å². The van der Waals surface area contributed by atoms with Gasteiger partial charge in [-0.3, -0.25) is 0 Å². The van der Waals surface area contributed by atoms with Crippen molar-refractivity contribution in [1.29, 1.82) is 0 Å². The first kappa shape index (κ1) is 22.1. The van der Waals surface area contributed by atoms with Crippen molar-refractivity contribution in [2.45, 2.75) is 64.7 Å². The van der Waals surface area contributed by atoms with Gasteiger partial charge in [-0.15, -0.1) is 22.7 Å². The molecule has 0 atom stereocenters. The van der Waals surface area contributed by atoms with Crippen LogP contribution in [0.15, 0.2) is 66.7 Å². The summed E-state index contributed by atoms with van der Waals surface area (Å²) in [6.45, 7) is 2.29. The third kappa shape index (κ3) is 4.23. The highest BCUT2D eigenvalue weighted by atomic mass is 32.1. The summed E-state index contributed by atoms with van der Waals surface area (Å²) in [6, 6.07) is 25.5. The zero-order chi connectivity index (χ0) is 22.9. The van der Waals surface area contributed by atoms with E-state index in [2.05, 4.69) is 73.7 Å². The summed E-state index contributed by atoms with van der Waals surface area (Å²) in [7, 11) is 0. The van der Waals surface area contributed by atoms with Crippen LogP contribution in [0.1, 0.15) is 63.9 Å². The van der Waals surface area contributed by atoms with Gasteiger partial charge in [-0.25, -0.2) is 0 Å². The molecule has 0 spiro atoms. The van der Waals surface area contributed by atoms with Crippen LogP contribution in [0.25, 0.3) is 51.1 Å². The van der Waals surface area contributed by atoms with E-state index in [1.165, 1.54) is 114 Å². The maximum Gasteiger partial charge on any atom is 0.0542 e.